The molecule has 1 aromatic rings. The summed E-state index contributed by atoms with van der Waals surface area (Å²) in [4.78, 5) is 4.98. The predicted octanol–water partition coefficient (Wildman–Crippen LogP) is 0.877. The van der Waals surface area contributed by atoms with E-state index in [0.717, 1.165) is 58.8 Å². The van der Waals surface area contributed by atoms with Crippen molar-refractivity contribution in [2.24, 2.45) is 5.73 Å². The molecule has 2 heterocycles. The summed E-state index contributed by atoms with van der Waals surface area (Å²) in [6, 6.07) is 8.72. The van der Waals surface area contributed by atoms with Crippen LogP contribution < -0.4 is 5.73 Å². The topological polar surface area (TPSA) is 41.7 Å². The molecule has 2 aliphatic heterocycles. The fraction of sp³-hybridized carbons (Fsp3) is 0.625. The largest absolute Gasteiger partial charge is 0.372 e. The van der Waals surface area contributed by atoms with Crippen molar-refractivity contribution in [2.45, 2.75) is 12.5 Å². The van der Waals surface area contributed by atoms with Crippen molar-refractivity contribution in [1.29, 1.82) is 0 Å². The van der Waals surface area contributed by atoms with Crippen molar-refractivity contribution in [3.05, 3.63) is 35.4 Å². The lowest BCUT2D eigenvalue weighted by molar-refractivity contribution is 0.00485. The van der Waals surface area contributed by atoms with Crippen molar-refractivity contribution < 1.29 is 4.74 Å². The Morgan fingerprint density at radius 2 is 1.85 bits per heavy atom. The van der Waals surface area contributed by atoms with Gasteiger partial charge in [-0.05, 0) is 17.5 Å². The first kappa shape index (κ1) is 14.0. The Hall–Kier alpha value is -0.940. The number of hydrogen-bond acceptors (Lipinski definition) is 4. The summed E-state index contributed by atoms with van der Waals surface area (Å²) in [5, 5.41) is 0. The second-order valence-electron chi connectivity index (χ2n) is 5.74. The Labute approximate surface area is 121 Å². The van der Waals surface area contributed by atoms with Crippen LogP contribution in [-0.2, 0) is 11.2 Å². The van der Waals surface area contributed by atoms with Crippen molar-refractivity contribution in [1.82, 2.24) is 9.80 Å². The second-order valence-corrected chi connectivity index (χ2v) is 5.74. The summed E-state index contributed by atoms with van der Waals surface area (Å²) in [7, 11) is 0. The third-order valence-electron chi connectivity index (χ3n) is 4.43. The van der Waals surface area contributed by atoms with Crippen molar-refractivity contribution in [2.75, 3.05) is 52.4 Å². The van der Waals surface area contributed by atoms with Gasteiger partial charge in [0.1, 0.15) is 0 Å². The fourth-order valence-corrected chi connectivity index (χ4v) is 3.24. The summed E-state index contributed by atoms with van der Waals surface area (Å²) in [6.07, 6.45) is 1.30. The van der Waals surface area contributed by atoms with Crippen LogP contribution >= 0.6 is 0 Å². The Balaban J connectivity index is 1.57. The lowest BCUT2D eigenvalue weighted by atomic mass is 9.97. The smallest absolute Gasteiger partial charge is 0.0954 e. The molecule has 2 N–H and O–H groups in total. The molecule has 2 aliphatic rings. The molecule has 0 bridgehead atoms. The quantitative estimate of drug-likeness (QED) is 0.885. The van der Waals surface area contributed by atoms with Crippen LogP contribution in [0.5, 0.6) is 0 Å². The molecule has 1 aromatic carbocycles. The minimum absolute atomic E-state index is 0.251. The van der Waals surface area contributed by atoms with Crippen LogP contribution in [0, 0.1) is 0 Å². The number of piperazine rings is 1. The molecular weight excluding hydrogens is 250 g/mol. The SMILES string of the molecule is NCCN1CCN(CC2OCCc3ccccc32)CC1. The van der Waals surface area contributed by atoms with Crippen molar-refractivity contribution >= 4 is 0 Å². The van der Waals surface area contributed by atoms with Gasteiger partial charge in [-0.1, -0.05) is 24.3 Å². The van der Waals surface area contributed by atoms with E-state index in [1.54, 1.807) is 0 Å². The molecule has 0 aromatic heterocycles. The van der Waals surface area contributed by atoms with Gasteiger partial charge in [-0.15, -0.1) is 0 Å². The molecule has 0 radical (unpaired) electrons. The number of benzene rings is 1. The van der Waals surface area contributed by atoms with Crippen LogP contribution in [0.2, 0.25) is 0 Å². The zero-order valence-electron chi connectivity index (χ0n) is 12.1. The van der Waals surface area contributed by atoms with E-state index in [9.17, 15) is 0 Å². The summed E-state index contributed by atoms with van der Waals surface area (Å²) in [5.41, 5.74) is 8.48. The number of hydrogen-bond donors (Lipinski definition) is 1. The van der Waals surface area contributed by atoms with Crippen molar-refractivity contribution in [3.8, 4) is 0 Å². The summed E-state index contributed by atoms with van der Waals surface area (Å²) in [5.74, 6) is 0. The number of nitrogens with two attached hydrogens (primary N) is 1. The number of nitrogens with zero attached hydrogens (tertiary/aromatic N) is 2. The third kappa shape index (κ3) is 3.20. The van der Waals surface area contributed by atoms with E-state index in [2.05, 4.69) is 34.1 Å². The van der Waals surface area contributed by atoms with Gasteiger partial charge < -0.3 is 10.5 Å². The third-order valence-corrected chi connectivity index (χ3v) is 4.43. The van der Waals surface area contributed by atoms with E-state index in [0.29, 0.717) is 0 Å². The minimum atomic E-state index is 0.251. The van der Waals surface area contributed by atoms with E-state index in [4.69, 9.17) is 10.5 Å². The average Bonchev–Trinajstić information content (AvgIpc) is 2.50. The maximum atomic E-state index is 6.01. The van der Waals surface area contributed by atoms with Gasteiger partial charge in [0.05, 0.1) is 12.7 Å². The summed E-state index contributed by atoms with van der Waals surface area (Å²) >= 11 is 0. The zero-order valence-corrected chi connectivity index (χ0v) is 12.1. The van der Waals surface area contributed by atoms with E-state index in [-0.39, 0.29) is 6.10 Å². The molecule has 0 aliphatic carbocycles. The Bertz CT molecular complexity index is 429. The normalized spacial score (nSPS) is 24.6. The lowest BCUT2D eigenvalue weighted by Crippen LogP contribution is -2.49. The molecule has 0 saturated carbocycles. The summed E-state index contributed by atoms with van der Waals surface area (Å²) in [6.45, 7) is 8.18. The summed E-state index contributed by atoms with van der Waals surface area (Å²) < 4.78 is 6.01. The first-order valence-corrected chi connectivity index (χ1v) is 7.71. The Morgan fingerprint density at radius 3 is 2.65 bits per heavy atom. The lowest BCUT2D eigenvalue weighted by Gasteiger charge is -2.37. The molecular formula is C16H25N3O. The maximum Gasteiger partial charge on any atom is 0.0954 e. The number of rotatable bonds is 4. The molecule has 1 atom stereocenters. The Kier molecular flexibility index (Phi) is 4.68. The molecule has 1 unspecified atom stereocenters. The van der Waals surface area contributed by atoms with Gasteiger partial charge >= 0.3 is 0 Å². The molecule has 0 spiro atoms. The molecule has 4 nitrogen and oxygen atoms in total. The molecule has 3 rings (SSSR count). The van der Waals surface area contributed by atoms with Crippen LogP contribution in [-0.4, -0.2) is 62.2 Å². The van der Waals surface area contributed by atoms with Crippen LogP contribution in [0.15, 0.2) is 24.3 Å². The van der Waals surface area contributed by atoms with Gasteiger partial charge in [0.25, 0.3) is 0 Å². The van der Waals surface area contributed by atoms with Crippen LogP contribution in [0.4, 0.5) is 0 Å². The number of fused-ring (bicyclic) bond motifs is 1. The molecule has 20 heavy (non-hydrogen) atoms. The molecule has 1 fully saturated rings. The predicted molar refractivity (Wildman–Crippen MR) is 80.8 cm³/mol. The highest BCUT2D eigenvalue weighted by Crippen LogP contribution is 2.27. The maximum absolute atomic E-state index is 6.01. The standard InChI is InChI=1S/C16H25N3O/c17-6-7-18-8-10-19(11-9-18)13-16-15-4-2-1-3-14(15)5-12-20-16/h1-4,16H,5-13,17H2. The van der Waals surface area contributed by atoms with E-state index in [1.807, 2.05) is 0 Å². The van der Waals surface area contributed by atoms with Gasteiger partial charge in [0.15, 0.2) is 0 Å². The fourth-order valence-electron chi connectivity index (χ4n) is 3.24. The molecule has 110 valence electrons. The van der Waals surface area contributed by atoms with Crippen molar-refractivity contribution in [3.63, 3.8) is 0 Å². The molecule has 4 heteroatoms. The monoisotopic (exact) mass is 275 g/mol. The van der Waals surface area contributed by atoms with Gasteiger partial charge in [-0.2, -0.15) is 0 Å². The molecule has 1 saturated heterocycles. The van der Waals surface area contributed by atoms with Crippen LogP contribution in [0.25, 0.3) is 0 Å². The Morgan fingerprint density at radius 1 is 1.10 bits per heavy atom. The van der Waals surface area contributed by atoms with Crippen LogP contribution in [0.3, 0.4) is 0 Å². The van der Waals surface area contributed by atoms with Crippen LogP contribution in [0.1, 0.15) is 17.2 Å². The van der Waals surface area contributed by atoms with Gasteiger partial charge in [-0.25, -0.2) is 0 Å². The second kappa shape index (κ2) is 6.68. The minimum Gasteiger partial charge on any atom is -0.372 e. The highest BCUT2D eigenvalue weighted by Gasteiger charge is 2.24. The highest BCUT2D eigenvalue weighted by atomic mass is 16.5. The van der Waals surface area contributed by atoms with Gasteiger partial charge in [0.2, 0.25) is 0 Å². The zero-order chi connectivity index (χ0) is 13.8. The van der Waals surface area contributed by atoms with E-state index in [1.165, 1.54) is 11.1 Å². The first-order chi connectivity index (χ1) is 9.86. The molecule has 0 amide bonds. The van der Waals surface area contributed by atoms with E-state index >= 15 is 0 Å². The van der Waals surface area contributed by atoms with Gasteiger partial charge in [0, 0.05) is 45.8 Å². The van der Waals surface area contributed by atoms with Gasteiger partial charge in [-0.3, -0.25) is 9.80 Å². The highest BCUT2D eigenvalue weighted by molar-refractivity contribution is 5.31. The number of ether oxygens (including phenoxy) is 1. The van der Waals surface area contributed by atoms with E-state index < -0.39 is 0 Å². The first-order valence-electron chi connectivity index (χ1n) is 7.71. The average molecular weight is 275 g/mol.